The molecule has 8 nitrogen and oxygen atoms in total. The first kappa shape index (κ1) is 25.0. The Balaban J connectivity index is 1.22. The van der Waals surface area contributed by atoms with E-state index >= 15 is 0 Å². The first-order valence-corrected chi connectivity index (χ1v) is 13.4. The molecule has 1 N–H and O–H groups in total. The zero-order valence-electron chi connectivity index (χ0n) is 20.6. The zero-order chi connectivity index (χ0) is 26.8. The van der Waals surface area contributed by atoms with Crippen LogP contribution in [0.2, 0.25) is 5.02 Å². The lowest BCUT2D eigenvalue weighted by molar-refractivity contribution is -0.114. The second-order valence-corrected chi connectivity index (χ2v) is 10.1. The van der Waals surface area contributed by atoms with E-state index in [0.717, 1.165) is 16.5 Å². The maximum atomic E-state index is 13.0. The third kappa shape index (κ3) is 5.19. The Morgan fingerprint density at radius 1 is 0.974 bits per heavy atom. The topological polar surface area (TPSA) is 92.3 Å². The second-order valence-electron chi connectivity index (χ2n) is 8.69. The van der Waals surface area contributed by atoms with Gasteiger partial charge in [0, 0.05) is 22.7 Å². The number of hydrogen-bond acceptors (Lipinski definition) is 6. The van der Waals surface area contributed by atoms with Crippen LogP contribution in [0.5, 0.6) is 11.5 Å². The summed E-state index contributed by atoms with van der Waals surface area (Å²) >= 11 is 7.44. The highest BCUT2D eigenvalue weighted by Crippen LogP contribution is 2.31. The van der Waals surface area contributed by atoms with E-state index in [1.165, 1.54) is 16.8 Å². The molecule has 0 radical (unpaired) electrons. The molecule has 10 heteroatoms. The van der Waals surface area contributed by atoms with Gasteiger partial charge in [-0.3, -0.25) is 10.2 Å². The summed E-state index contributed by atoms with van der Waals surface area (Å²) < 4.78 is 13.7. The first-order valence-electron chi connectivity index (χ1n) is 12.2. The van der Waals surface area contributed by atoms with Crippen LogP contribution in [0.1, 0.15) is 5.56 Å². The minimum Gasteiger partial charge on any atom is -0.490 e. The van der Waals surface area contributed by atoms with E-state index in [2.05, 4.69) is 14.7 Å². The lowest BCUT2D eigenvalue weighted by Gasteiger charge is -2.20. The van der Waals surface area contributed by atoms with E-state index < -0.39 is 5.91 Å². The number of nitrogens with zero attached hydrogens (tertiary/aromatic N) is 4. The molecule has 3 heterocycles. The van der Waals surface area contributed by atoms with Crippen LogP contribution in [0, 0.1) is 5.41 Å². The molecule has 0 atom stereocenters. The van der Waals surface area contributed by atoms with E-state index in [0.29, 0.717) is 39.9 Å². The Hall–Kier alpha value is -4.34. The maximum Gasteiger partial charge on any atom is 0.283 e. The third-order valence-corrected chi connectivity index (χ3v) is 7.34. The van der Waals surface area contributed by atoms with Crippen LogP contribution in [0.25, 0.3) is 17.0 Å². The van der Waals surface area contributed by atoms with Crippen LogP contribution in [0.4, 0.5) is 0 Å². The summed E-state index contributed by atoms with van der Waals surface area (Å²) in [6.45, 7) is 1.20. The van der Waals surface area contributed by atoms with Crippen molar-refractivity contribution in [3.05, 3.63) is 101 Å². The van der Waals surface area contributed by atoms with Crippen molar-refractivity contribution in [2.45, 2.75) is 6.54 Å². The quantitative estimate of drug-likeness (QED) is 0.266. The highest BCUT2D eigenvalue weighted by atomic mass is 35.5. The normalized spacial score (nSPS) is 15.9. The van der Waals surface area contributed by atoms with Crippen molar-refractivity contribution in [2.24, 2.45) is 10.1 Å². The summed E-state index contributed by atoms with van der Waals surface area (Å²) in [5.41, 5.74) is 1.96. The zero-order valence-corrected chi connectivity index (χ0v) is 22.2. The number of para-hydroxylation sites is 3. The number of carbonyl (C=O) groups excluding carboxylic acids is 1. The molecule has 194 valence electrons. The number of thioether (sulfide) groups is 1. The number of nitrogens with one attached hydrogen (secondary N) is 1. The number of benzene rings is 3. The average molecular weight is 556 g/mol. The van der Waals surface area contributed by atoms with Gasteiger partial charge in [0.1, 0.15) is 29.8 Å². The molecule has 0 saturated heterocycles. The fourth-order valence-electron chi connectivity index (χ4n) is 4.30. The molecule has 39 heavy (non-hydrogen) atoms. The van der Waals surface area contributed by atoms with Crippen molar-refractivity contribution in [1.29, 1.82) is 5.41 Å². The Kier molecular flexibility index (Phi) is 6.91. The van der Waals surface area contributed by atoms with Crippen molar-refractivity contribution >= 4 is 62.3 Å². The summed E-state index contributed by atoms with van der Waals surface area (Å²) in [5.74, 6) is 0.850. The highest BCUT2D eigenvalue weighted by Gasteiger charge is 2.36. The van der Waals surface area contributed by atoms with Crippen molar-refractivity contribution in [2.75, 3.05) is 13.2 Å². The van der Waals surface area contributed by atoms with E-state index in [9.17, 15) is 4.79 Å². The number of fused-ring (bicyclic) bond motifs is 2. The number of hydrogen-bond donors (Lipinski definition) is 1. The molecule has 0 spiro atoms. The van der Waals surface area contributed by atoms with Crippen molar-refractivity contribution in [1.82, 2.24) is 9.58 Å². The molecule has 2 aliphatic heterocycles. The van der Waals surface area contributed by atoms with E-state index in [4.69, 9.17) is 26.5 Å². The number of rotatable bonds is 8. The summed E-state index contributed by atoms with van der Waals surface area (Å²) in [7, 11) is 0. The van der Waals surface area contributed by atoms with Gasteiger partial charge in [-0.15, -0.1) is 0 Å². The van der Waals surface area contributed by atoms with Gasteiger partial charge < -0.3 is 14.0 Å². The molecular formula is C29H22ClN5O3S. The van der Waals surface area contributed by atoms with E-state index in [1.807, 2.05) is 79.0 Å². The van der Waals surface area contributed by atoms with Gasteiger partial charge in [0.05, 0.1) is 17.1 Å². The molecule has 0 fully saturated rings. The number of amidine groups is 2. The van der Waals surface area contributed by atoms with Gasteiger partial charge in [-0.1, -0.05) is 60.1 Å². The first-order chi connectivity index (χ1) is 19.1. The van der Waals surface area contributed by atoms with Gasteiger partial charge in [-0.25, -0.2) is 0 Å². The predicted molar refractivity (Wildman–Crippen MR) is 156 cm³/mol. The lowest BCUT2D eigenvalue weighted by atomic mass is 10.1. The van der Waals surface area contributed by atoms with Crippen LogP contribution in [0.15, 0.2) is 101 Å². The SMILES string of the molecule is N=C1/C(=C/c2cn(CCOc3ccccc3Cl)c3ccccc23)C(=O)N=C2SC(COc3ccccc3)=NN12. The number of aliphatic imine (C=N–C) groups is 1. The summed E-state index contributed by atoms with van der Waals surface area (Å²) in [6, 6.07) is 24.7. The molecule has 0 bridgehead atoms. The summed E-state index contributed by atoms with van der Waals surface area (Å²) in [6.07, 6.45) is 3.66. The van der Waals surface area contributed by atoms with Gasteiger partial charge in [0.25, 0.3) is 5.91 Å². The molecule has 0 unspecified atom stereocenters. The summed E-state index contributed by atoms with van der Waals surface area (Å²) in [4.78, 5) is 17.2. The second kappa shape index (κ2) is 10.8. The Bertz CT molecular complexity index is 1680. The molecular weight excluding hydrogens is 534 g/mol. The monoisotopic (exact) mass is 555 g/mol. The molecule has 4 aromatic rings. The van der Waals surface area contributed by atoms with Crippen LogP contribution >= 0.6 is 23.4 Å². The number of halogens is 1. The maximum absolute atomic E-state index is 13.0. The number of aromatic nitrogens is 1. The predicted octanol–water partition coefficient (Wildman–Crippen LogP) is 6.07. The standard InChI is InChI=1S/C29H22ClN5O3S/c30-23-11-5-7-13-25(23)37-15-14-34-17-19(21-10-4-6-12-24(21)34)16-22-27(31)35-29(32-28(22)36)39-26(33-35)18-38-20-8-2-1-3-9-20/h1-13,16-17,31H,14-15,18H2/b22-16-,31-27?. The Morgan fingerprint density at radius 2 is 1.74 bits per heavy atom. The van der Waals surface area contributed by atoms with Crippen molar-refractivity contribution in [3.8, 4) is 11.5 Å². The van der Waals surface area contributed by atoms with Gasteiger partial charge in [0.2, 0.25) is 5.17 Å². The fraction of sp³-hybridized carbons (Fsp3) is 0.103. The highest BCUT2D eigenvalue weighted by molar-refractivity contribution is 8.27. The molecule has 1 amide bonds. The largest absolute Gasteiger partial charge is 0.490 e. The van der Waals surface area contributed by atoms with Crippen LogP contribution in [-0.4, -0.2) is 44.7 Å². The third-order valence-electron chi connectivity index (χ3n) is 6.15. The van der Waals surface area contributed by atoms with E-state index in [1.54, 1.807) is 12.1 Å². The number of ether oxygens (including phenoxy) is 2. The Morgan fingerprint density at radius 3 is 2.59 bits per heavy atom. The number of hydrazone groups is 1. The minimum absolute atomic E-state index is 0.0221. The minimum atomic E-state index is -0.474. The van der Waals surface area contributed by atoms with Gasteiger partial charge in [0.15, 0.2) is 5.84 Å². The molecule has 3 aromatic carbocycles. The smallest absolute Gasteiger partial charge is 0.283 e. The lowest BCUT2D eigenvalue weighted by Crippen LogP contribution is -2.35. The van der Waals surface area contributed by atoms with Gasteiger partial charge in [-0.2, -0.15) is 15.1 Å². The van der Waals surface area contributed by atoms with Crippen molar-refractivity contribution in [3.63, 3.8) is 0 Å². The fourth-order valence-corrected chi connectivity index (χ4v) is 5.29. The van der Waals surface area contributed by atoms with E-state index in [-0.39, 0.29) is 18.0 Å². The van der Waals surface area contributed by atoms with Gasteiger partial charge >= 0.3 is 0 Å². The molecule has 0 saturated carbocycles. The number of amides is 1. The summed E-state index contributed by atoms with van der Waals surface area (Å²) in [5, 5.41) is 17.1. The average Bonchev–Trinajstić information content (AvgIpc) is 3.53. The Labute approximate surface area is 233 Å². The molecule has 1 aromatic heterocycles. The molecule has 6 rings (SSSR count). The number of carbonyl (C=O) groups is 1. The van der Waals surface area contributed by atoms with Crippen LogP contribution in [0.3, 0.4) is 0 Å². The molecule has 2 aliphatic rings. The van der Waals surface area contributed by atoms with Crippen LogP contribution < -0.4 is 9.47 Å². The van der Waals surface area contributed by atoms with Crippen LogP contribution in [-0.2, 0) is 11.3 Å². The van der Waals surface area contributed by atoms with Gasteiger partial charge in [-0.05, 0) is 48.2 Å². The molecule has 0 aliphatic carbocycles. The van der Waals surface area contributed by atoms with Crippen molar-refractivity contribution < 1.29 is 14.3 Å².